The fourth-order valence-electron chi connectivity index (χ4n) is 2.44. The second-order valence-corrected chi connectivity index (χ2v) is 6.38. The molecule has 1 aliphatic rings. The Bertz CT molecular complexity index is 430. The molecule has 1 saturated heterocycles. The van der Waals surface area contributed by atoms with E-state index in [0.29, 0.717) is 12.0 Å². The van der Waals surface area contributed by atoms with Crippen molar-refractivity contribution in [3.05, 3.63) is 34.3 Å². The van der Waals surface area contributed by atoms with Crippen LogP contribution in [0.2, 0.25) is 0 Å². The molecule has 0 spiro atoms. The van der Waals surface area contributed by atoms with E-state index in [9.17, 15) is 4.79 Å². The zero-order valence-corrected chi connectivity index (χ0v) is 13.1. The first-order valence-electron chi connectivity index (χ1n) is 6.84. The van der Waals surface area contributed by atoms with Crippen LogP contribution in [0.5, 0.6) is 0 Å². The van der Waals surface area contributed by atoms with Crippen LogP contribution in [0.1, 0.15) is 30.6 Å². The number of likely N-dealkylation sites (tertiary alicyclic amines) is 1. The van der Waals surface area contributed by atoms with Gasteiger partial charge in [0, 0.05) is 29.2 Å². The van der Waals surface area contributed by atoms with Crippen LogP contribution in [0.15, 0.2) is 28.7 Å². The maximum absolute atomic E-state index is 12.0. The lowest BCUT2D eigenvalue weighted by Crippen LogP contribution is -2.32. The van der Waals surface area contributed by atoms with E-state index in [1.54, 1.807) is 0 Å². The van der Waals surface area contributed by atoms with Crippen LogP contribution >= 0.6 is 15.9 Å². The Morgan fingerprint density at radius 1 is 1.42 bits per heavy atom. The molecular formula is C15H21BrN2O. The molecule has 1 aliphatic heterocycles. The zero-order valence-electron chi connectivity index (χ0n) is 11.5. The third-order valence-electron chi connectivity index (χ3n) is 3.71. The van der Waals surface area contributed by atoms with Gasteiger partial charge in [0.15, 0.2) is 0 Å². The molecular weight excluding hydrogens is 304 g/mol. The number of carbonyl (C=O) groups is 1. The van der Waals surface area contributed by atoms with Gasteiger partial charge in [0.05, 0.1) is 0 Å². The summed E-state index contributed by atoms with van der Waals surface area (Å²) in [7, 11) is 0. The minimum Gasteiger partial charge on any atom is -0.352 e. The van der Waals surface area contributed by atoms with Gasteiger partial charge in [-0.1, -0.05) is 15.9 Å². The van der Waals surface area contributed by atoms with Gasteiger partial charge in [-0.2, -0.15) is 0 Å². The summed E-state index contributed by atoms with van der Waals surface area (Å²) in [6.45, 7) is 7.47. The maximum Gasteiger partial charge on any atom is 0.251 e. The highest BCUT2D eigenvalue weighted by Crippen LogP contribution is 2.18. The average Bonchev–Trinajstić information content (AvgIpc) is 2.86. The number of rotatable bonds is 4. The van der Waals surface area contributed by atoms with Crippen molar-refractivity contribution < 1.29 is 4.79 Å². The topological polar surface area (TPSA) is 32.3 Å². The lowest BCUT2D eigenvalue weighted by Gasteiger charge is -2.20. The molecule has 0 saturated carbocycles. The molecule has 3 nitrogen and oxygen atoms in total. The highest BCUT2D eigenvalue weighted by molar-refractivity contribution is 9.10. The third kappa shape index (κ3) is 4.05. The van der Waals surface area contributed by atoms with Crippen LogP contribution in [0.25, 0.3) is 0 Å². The average molecular weight is 325 g/mol. The lowest BCUT2D eigenvalue weighted by atomic mass is 10.1. The lowest BCUT2D eigenvalue weighted by molar-refractivity contribution is 0.0947. The quantitative estimate of drug-likeness (QED) is 0.923. The predicted molar refractivity (Wildman–Crippen MR) is 81.3 cm³/mol. The van der Waals surface area contributed by atoms with Crippen LogP contribution in [-0.2, 0) is 0 Å². The minimum atomic E-state index is 0.0236. The molecule has 104 valence electrons. The summed E-state index contributed by atoms with van der Waals surface area (Å²) >= 11 is 3.37. The molecule has 19 heavy (non-hydrogen) atoms. The fourth-order valence-corrected chi connectivity index (χ4v) is 2.70. The number of nitrogens with zero attached hydrogens (tertiary/aromatic N) is 1. The standard InChI is InChI=1S/C15H21BrN2O/c1-11(2)18-8-7-12(10-18)9-17-15(19)13-3-5-14(16)6-4-13/h3-6,11-12H,7-10H2,1-2H3,(H,17,19)/t12-/m0/s1. The van der Waals surface area contributed by atoms with Gasteiger partial charge in [-0.15, -0.1) is 0 Å². The van der Waals surface area contributed by atoms with Crippen LogP contribution < -0.4 is 5.32 Å². The molecule has 1 amide bonds. The molecule has 1 heterocycles. The van der Waals surface area contributed by atoms with E-state index >= 15 is 0 Å². The van der Waals surface area contributed by atoms with Crippen molar-refractivity contribution in [3.8, 4) is 0 Å². The molecule has 1 aromatic carbocycles. The fraction of sp³-hybridized carbons (Fsp3) is 0.533. The van der Waals surface area contributed by atoms with Gasteiger partial charge in [0.1, 0.15) is 0 Å². The van der Waals surface area contributed by atoms with E-state index in [1.165, 1.54) is 6.42 Å². The maximum atomic E-state index is 12.0. The normalized spacial score (nSPS) is 19.9. The Hall–Kier alpha value is -0.870. The highest BCUT2D eigenvalue weighted by atomic mass is 79.9. The number of hydrogen-bond donors (Lipinski definition) is 1. The van der Waals surface area contributed by atoms with Crippen molar-refractivity contribution in [2.75, 3.05) is 19.6 Å². The second kappa shape index (κ2) is 6.53. The summed E-state index contributed by atoms with van der Waals surface area (Å²) in [5.41, 5.74) is 0.724. The number of hydrogen-bond acceptors (Lipinski definition) is 2. The van der Waals surface area contributed by atoms with E-state index < -0.39 is 0 Å². The molecule has 2 rings (SSSR count). The molecule has 1 N–H and O–H groups in total. The van der Waals surface area contributed by atoms with Crippen molar-refractivity contribution >= 4 is 21.8 Å². The summed E-state index contributed by atoms with van der Waals surface area (Å²) in [6.07, 6.45) is 1.18. The predicted octanol–water partition coefficient (Wildman–Crippen LogP) is 2.91. The van der Waals surface area contributed by atoms with Gasteiger partial charge in [0.2, 0.25) is 0 Å². The van der Waals surface area contributed by atoms with Crippen LogP contribution in [-0.4, -0.2) is 36.5 Å². The van der Waals surface area contributed by atoms with E-state index in [1.807, 2.05) is 24.3 Å². The van der Waals surface area contributed by atoms with Gasteiger partial charge >= 0.3 is 0 Å². The Morgan fingerprint density at radius 3 is 2.68 bits per heavy atom. The van der Waals surface area contributed by atoms with Crippen LogP contribution in [0.3, 0.4) is 0 Å². The van der Waals surface area contributed by atoms with E-state index in [4.69, 9.17) is 0 Å². The minimum absolute atomic E-state index is 0.0236. The first kappa shape index (κ1) is 14.5. The first-order chi connectivity index (χ1) is 9.06. The molecule has 1 fully saturated rings. The van der Waals surface area contributed by atoms with Crippen molar-refractivity contribution in [1.29, 1.82) is 0 Å². The third-order valence-corrected chi connectivity index (χ3v) is 4.23. The molecule has 1 aromatic rings. The SMILES string of the molecule is CC(C)N1CC[C@@H](CNC(=O)c2ccc(Br)cc2)C1. The van der Waals surface area contributed by atoms with E-state index in [2.05, 4.69) is 40.0 Å². The summed E-state index contributed by atoms with van der Waals surface area (Å²) in [5.74, 6) is 0.609. The monoisotopic (exact) mass is 324 g/mol. The molecule has 1 atom stereocenters. The molecule has 4 heteroatoms. The van der Waals surface area contributed by atoms with Crippen molar-refractivity contribution in [1.82, 2.24) is 10.2 Å². The molecule has 0 bridgehead atoms. The molecule has 0 aliphatic carbocycles. The Balaban J connectivity index is 1.80. The Kier molecular flexibility index (Phi) is 4.99. The van der Waals surface area contributed by atoms with Gasteiger partial charge in [-0.25, -0.2) is 0 Å². The van der Waals surface area contributed by atoms with Crippen molar-refractivity contribution in [3.63, 3.8) is 0 Å². The number of nitrogens with one attached hydrogen (secondary N) is 1. The summed E-state index contributed by atoms with van der Waals surface area (Å²) < 4.78 is 0.993. The largest absolute Gasteiger partial charge is 0.352 e. The van der Waals surface area contributed by atoms with E-state index in [-0.39, 0.29) is 5.91 Å². The second-order valence-electron chi connectivity index (χ2n) is 5.46. The van der Waals surface area contributed by atoms with Gasteiger partial charge in [-0.05, 0) is 57.0 Å². The number of carbonyl (C=O) groups excluding carboxylic acids is 1. The Labute approximate surface area is 123 Å². The van der Waals surface area contributed by atoms with E-state index in [0.717, 1.165) is 29.7 Å². The highest BCUT2D eigenvalue weighted by Gasteiger charge is 2.24. The number of amides is 1. The van der Waals surface area contributed by atoms with Crippen LogP contribution in [0, 0.1) is 5.92 Å². The zero-order chi connectivity index (χ0) is 13.8. The van der Waals surface area contributed by atoms with Gasteiger partial charge in [-0.3, -0.25) is 4.79 Å². The Morgan fingerprint density at radius 2 is 2.11 bits per heavy atom. The van der Waals surface area contributed by atoms with Crippen molar-refractivity contribution in [2.45, 2.75) is 26.3 Å². The molecule has 0 radical (unpaired) electrons. The summed E-state index contributed by atoms with van der Waals surface area (Å²) in [4.78, 5) is 14.5. The first-order valence-corrected chi connectivity index (χ1v) is 7.63. The number of benzene rings is 1. The number of halogens is 1. The van der Waals surface area contributed by atoms with Gasteiger partial charge in [0.25, 0.3) is 5.91 Å². The van der Waals surface area contributed by atoms with Crippen molar-refractivity contribution in [2.24, 2.45) is 5.92 Å². The van der Waals surface area contributed by atoms with Crippen LogP contribution in [0.4, 0.5) is 0 Å². The summed E-state index contributed by atoms with van der Waals surface area (Å²) in [5, 5.41) is 3.04. The van der Waals surface area contributed by atoms with Gasteiger partial charge < -0.3 is 10.2 Å². The molecule has 0 unspecified atom stereocenters. The smallest absolute Gasteiger partial charge is 0.251 e. The summed E-state index contributed by atoms with van der Waals surface area (Å²) in [6, 6.07) is 8.08. The molecule has 0 aromatic heterocycles.